The van der Waals surface area contributed by atoms with E-state index in [2.05, 4.69) is 20.8 Å². The maximum atomic E-state index is 12.8. The fourth-order valence-electron chi connectivity index (χ4n) is 4.84. The SMILES string of the molecule is CCC(C)(CC(C)(C)C)C(=O)OC1C2CC3C(=O)OC1C3C2. The van der Waals surface area contributed by atoms with E-state index in [-0.39, 0.29) is 41.4 Å². The first-order chi connectivity index (χ1) is 10.1. The topological polar surface area (TPSA) is 52.6 Å². The minimum Gasteiger partial charge on any atom is -0.458 e. The monoisotopic (exact) mass is 308 g/mol. The van der Waals surface area contributed by atoms with Crippen molar-refractivity contribution in [3.8, 4) is 0 Å². The van der Waals surface area contributed by atoms with E-state index in [4.69, 9.17) is 9.47 Å². The summed E-state index contributed by atoms with van der Waals surface area (Å²) >= 11 is 0. The van der Waals surface area contributed by atoms with Crippen LogP contribution in [0.4, 0.5) is 0 Å². The molecule has 4 nitrogen and oxygen atoms in total. The van der Waals surface area contributed by atoms with Crippen LogP contribution in [0.1, 0.15) is 60.3 Å². The average molecular weight is 308 g/mol. The molecule has 3 rings (SSSR count). The molecule has 0 spiro atoms. The van der Waals surface area contributed by atoms with Gasteiger partial charge in [0, 0.05) is 11.8 Å². The molecule has 1 saturated heterocycles. The Hall–Kier alpha value is -1.06. The number of fused-ring (bicyclic) bond motifs is 1. The van der Waals surface area contributed by atoms with Crippen LogP contribution in [0.2, 0.25) is 0 Å². The van der Waals surface area contributed by atoms with Crippen LogP contribution in [-0.2, 0) is 19.1 Å². The number of hydrogen-bond donors (Lipinski definition) is 0. The van der Waals surface area contributed by atoms with E-state index in [1.165, 1.54) is 0 Å². The zero-order valence-corrected chi connectivity index (χ0v) is 14.3. The molecule has 3 aliphatic rings. The molecule has 0 amide bonds. The summed E-state index contributed by atoms with van der Waals surface area (Å²) in [6.45, 7) is 10.5. The van der Waals surface area contributed by atoms with Crippen LogP contribution in [-0.4, -0.2) is 24.1 Å². The number of carbonyl (C=O) groups excluding carboxylic acids is 2. The summed E-state index contributed by atoms with van der Waals surface area (Å²) in [6.07, 6.45) is 2.96. The molecule has 3 fully saturated rings. The minimum atomic E-state index is -0.470. The summed E-state index contributed by atoms with van der Waals surface area (Å²) < 4.78 is 11.4. The van der Waals surface area contributed by atoms with Crippen LogP contribution in [0, 0.1) is 28.6 Å². The predicted molar refractivity (Wildman–Crippen MR) is 81.9 cm³/mol. The Labute approximate surface area is 132 Å². The molecule has 0 radical (unpaired) electrons. The van der Waals surface area contributed by atoms with Gasteiger partial charge in [0.1, 0.15) is 12.2 Å². The predicted octanol–water partition coefficient (Wildman–Crippen LogP) is 3.33. The Kier molecular flexibility index (Phi) is 3.57. The van der Waals surface area contributed by atoms with Crippen molar-refractivity contribution in [2.45, 2.75) is 72.5 Å². The summed E-state index contributed by atoms with van der Waals surface area (Å²) in [6, 6.07) is 0. The molecule has 0 aromatic carbocycles. The maximum Gasteiger partial charge on any atom is 0.312 e. The molecule has 0 N–H and O–H groups in total. The van der Waals surface area contributed by atoms with Gasteiger partial charge in [-0.25, -0.2) is 0 Å². The van der Waals surface area contributed by atoms with Crippen LogP contribution in [0.25, 0.3) is 0 Å². The molecule has 2 bridgehead atoms. The smallest absolute Gasteiger partial charge is 0.312 e. The van der Waals surface area contributed by atoms with Crippen molar-refractivity contribution in [3.05, 3.63) is 0 Å². The third-order valence-electron chi connectivity index (χ3n) is 5.85. The molecular formula is C18H28O4. The minimum absolute atomic E-state index is 0.0667. The van der Waals surface area contributed by atoms with E-state index in [0.29, 0.717) is 5.92 Å². The van der Waals surface area contributed by atoms with E-state index < -0.39 is 5.41 Å². The van der Waals surface area contributed by atoms with Gasteiger partial charge in [-0.1, -0.05) is 27.7 Å². The molecule has 6 unspecified atom stereocenters. The van der Waals surface area contributed by atoms with E-state index >= 15 is 0 Å². The molecule has 6 atom stereocenters. The number of hydrogen-bond acceptors (Lipinski definition) is 4. The van der Waals surface area contributed by atoms with Gasteiger partial charge in [0.2, 0.25) is 0 Å². The van der Waals surface area contributed by atoms with Gasteiger partial charge in [0.25, 0.3) is 0 Å². The molecule has 1 aliphatic heterocycles. The van der Waals surface area contributed by atoms with Crippen LogP contribution in [0.15, 0.2) is 0 Å². The van der Waals surface area contributed by atoms with Gasteiger partial charge in [0.15, 0.2) is 0 Å². The summed E-state index contributed by atoms with van der Waals surface area (Å²) in [7, 11) is 0. The number of carbonyl (C=O) groups is 2. The number of rotatable bonds is 4. The second kappa shape index (κ2) is 4.97. The van der Waals surface area contributed by atoms with Crippen LogP contribution < -0.4 is 0 Å². The zero-order valence-electron chi connectivity index (χ0n) is 14.3. The van der Waals surface area contributed by atoms with Crippen molar-refractivity contribution in [1.29, 1.82) is 0 Å². The van der Waals surface area contributed by atoms with Gasteiger partial charge in [0.05, 0.1) is 11.3 Å². The lowest BCUT2D eigenvalue weighted by Gasteiger charge is -2.35. The molecule has 0 aromatic rings. The quantitative estimate of drug-likeness (QED) is 0.748. The molecular weight excluding hydrogens is 280 g/mol. The first kappa shape index (κ1) is 15.8. The van der Waals surface area contributed by atoms with Gasteiger partial charge in [-0.05, 0) is 38.0 Å². The van der Waals surface area contributed by atoms with Crippen molar-refractivity contribution in [2.24, 2.45) is 28.6 Å². The zero-order chi connectivity index (χ0) is 16.3. The summed E-state index contributed by atoms with van der Waals surface area (Å²) in [5, 5.41) is 0. The lowest BCUT2D eigenvalue weighted by Crippen LogP contribution is -2.41. The largest absolute Gasteiger partial charge is 0.458 e. The Morgan fingerprint density at radius 2 is 1.95 bits per heavy atom. The maximum absolute atomic E-state index is 12.8. The highest BCUT2D eigenvalue weighted by Crippen LogP contribution is 2.55. The van der Waals surface area contributed by atoms with Gasteiger partial charge in [-0.2, -0.15) is 0 Å². The van der Waals surface area contributed by atoms with Gasteiger partial charge in [-0.3, -0.25) is 9.59 Å². The molecule has 4 heteroatoms. The molecule has 22 heavy (non-hydrogen) atoms. The van der Waals surface area contributed by atoms with E-state index in [1.54, 1.807) is 0 Å². The molecule has 2 saturated carbocycles. The summed E-state index contributed by atoms with van der Waals surface area (Å²) in [4.78, 5) is 24.6. The lowest BCUT2D eigenvalue weighted by atomic mass is 9.73. The van der Waals surface area contributed by atoms with E-state index in [1.807, 2.05) is 13.8 Å². The standard InChI is InChI=1S/C18H28O4/c1-6-18(5,9-17(2,3)4)16(20)22-13-10-7-11-12(8-10)15(19)21-14(11)13/h10-14H,6-9H2,1-5H3. The highest BCUT2D eigenvalue weighted by Gasteiger charge is 2.63. The van der Waals surface area contributed by atoms with Gasteiger partial charge < -0.3 is 9.47 Å². The Balaban J connectivity index is 1.71. The fourth-order valence-corrected chi connectivity index (χ4v) is 4.84. The average Bonchev–Trinajstić information content (AvgIpc) is 3.01. The second-order valence-corrected chi connectivity index (χ2v) is 8.92. The highest BCUT2D eigenvalue weighted by molar-refractivity contribution is 5.78. The second-order valence-electron chi connectivity index (χ2n) is 8.92. The molecule has 124 valence electrons. The summed E-state index contributed by atoms with van der Waals surface area (Å²) in [5.74, 6) is 0.458. The van der Waals surface area contributed by atoms with Crippen LogP contribution in [0.3, 0.4) is 0 Å². The lowest BCUT2D eigenvalue weighted by molar-refractivity contribution is -0.173. The molecule has 0 aromatic heterocycles. The van der Waals surface area contributed by atoms with Crippen molar-refractivity contribution in [3.63, 3.8) is 0 Å². The Bertz CT molecular complexity index is 492. The van der Waals surface area contributed by atoms with E-state index in [0.717, 1.165) is 25.7 Å². The highest BCUT2D eigenvalue weighted by atomic mass is 16.6. The molecule has 2 aliphatic carbocycles. The van der Waals surface area contributed by atoms with Gasteiger partial charge >= 0.3 is 11.9 Å². The number of ether oxygens (including phenoxy) is 2. The third-order valence-corrected chi connectivity index (χ3v) is 5.85. The van der Waals surface area contributed by atoms with E-state index in [9.17, 15) is 9.59 Å². The van der Waals surface area contributed by atoms with Crippen LogP contribution in [0.5, 0.6) is 0 Å². The van der Waals surface area contributed by atoms with Crippen molar-refractivity contribution in [1.82, 2.24) is 0 Å². The summed E-state index contributed by atoms with van der Waals surface area (Å²) in [5.41, 5.74) is -0.397. The normalized spacial score (nSPS) is 38.8. The first-order valence-electron chi connectivity index (χ1n) is 8.56. The molecule has 1 heterocycles. The Morgan fingerprint density at radius 3 is 2.55 bits per heavy atom. The fraction of sp³-hybridized carbons (Fsp3) is 0.889. The Morgan fingerprint density at radius 1 is 1.27 bits per heavy atom. The van der Waals surface area contributed by atoms with Crippen molar-refractivity contribution >= 4 is 11.9 Å². The van der Waals surface area contributed by atoms with Crippen LogP contribution >= 0.6 is 0 Å². The first-order valence-corrected chi connectivity index (χ1v) is 8.56. The number of esters is 2. The van der Waals surface area contributed by atoms with Crippen molar-refractivity contribution in [2.75, 3.05) is 0 Å². The third kappa shape index (κ3) is 2.44. The van der Waals surface area contributed by atoms with Crippen molar-refractivity contribution < 1.29 is 19.1 Å². The van der Waals surface area contributed by atoms with Gasteiger partial charge in [-0.15, -0.1) is 0 Å².